The molecule has 27 heavy (non-hydrogen) atoms. The Balaban J connectivity index is 1.70. The summed E-state index contributed by atoms with van der Waals surface area (Å²) in [6.45, 7) is 0. The predicted molar refractivity (Wildman–Crippen MR) is 97.9 cm³/mol. The molecule has 0 spiro atoms. The summed E-state index contributed by atoms with van der Waals surface area (Å²) in [7, 11) is 1.60. The fraction of sp³-hybridized carbons (Fsp3) is 0.200. The number of methoxy groups -OCH3 is 1. The van der Waals surface area contributed by atoms with Gasteiger partial charge in [-0.25, -0.2) is 4.79 Å². The Morgan fingerprint density at radius 3 is 2.78 bits per heavy atom. The van der Waals surface area contributed by atoms with Crippen LogP contribution in [-0.4, -0.2) is 28.4 Å². The zero-order chi connectivity index (χ0) is 18.6. The Hall–Kier alpha value is -3.48. The number of H-pyrrole nitrogens is 1. The maximum Gasteiger partial charge on any atom is 0.353 e. The number of aromatic amines is 1. The molecule has 2 aliphatic heterocycles. The minimum Gasteiger partial charge on any atom is -0.497 e. The van der Waals surface area contributed by atoms with Crippen LogP contribution in [0.1, 0.15) is 23.6 Å². The molecule has 3 heterocycles. The van der Waals surface area contributed by atoms with Crippen LogP contribution in [0.4, 0.5) is 5.82 Å². The van der Waals surface area contributed by atoms with Gasteiger partial charge >= 0.3 is 5.97 Å². The van der Waals surface area contributed by atoms with Crippen molar-refractivity contribution in [2.75, 3.05) is 12.4 Å². The first kappa shape index (κ1) is 15.7. The summed E-state index contributed by atoms with van der Waals surface area (Å²) in [4.78, 5) is 12.4. The number of para-hydroxylation sites is 1. The SMILES string of the molecule is COc1ccc(-c2[nH]nc3c2[C@@]2(C(=O)O)C[C@@H](N3)c3ccccc3O2)cc1. The van der Waals surface area contributed by atoms with E-state index >= 15 is 0 Å². The molecular weight excluding hydrogens is 346 g/mol. The highest BCUT2D eigenvalue weighted by atomic mass is 16.5. The molecule has 136 valence electrons. The lowest BCUT2D eigenvalue weighted by atomic mass is 9.78. The summed E-state index contributed by atoms with van der Waals surface area (Å²) in [5.74, 6) is 0.784. The third-order valence-corrected chi connectivity index (χ3v) is 5.28. The fourth-order valence-corrected chi connectivity index (χ4v) is 3.98. The van der Waals surface area contributed by atoms with Crippen LogP contribution in [0, 0.1) is 0 Å². The van der Waals surface area contributed by atoms with E-state index in [0.29, 0.717) is 22.8 Å². The average molecular weight is 363 g/mol. The van der Waals surface area contributed by atoms with E-state index in [0.717, 1.165) is 16.9 Å². The van der Waals surface area contributed by atoms with E-state index < -0.39 is 11.6 Å². The van der Waals surface area contributed by atoms with Crippen molar-refractivity contribution in [3.05, 3.63) is 59.7 Å². The number of carboxylic acids is 1. The Labute approximate surface area is 154 Å². The van der Waals surface area contributed by atoms with Crippen molar-refractivity contribution in [3.8, 4) is 22.8 Å². The van der Waals surface area contributed by atoms with Crippen LogP contribution in [0.25, 0.3) is 11.3 Å². The minimum absolute atomic E-state index is 0.175. The van der Waals surface area contributed by atoms with Crippen molar-refractivity contribution < 1.29 is 19.4 Å². The number of aromatic nitrogens is 2. The number of rotatable bonds is 3. The summed E-state index contributed by atoms with van der Waals surface area (Å²) < 4.78 is 11.3. The molecule has 0 aliphatic carbocycles. The first-order valence-corrected chi connectivity index (χ1v) is 8.63. The van der Waals surface area contributed by atoms with Crippen molar-refractivity contribution in [1.29, 1.82) is 0 Å². The molecular formula is C20H17N3O4. The van der Waals surface area contributed by atoms with Crippen LogP contribution in [0.5, 0.6) is 11.5 Å². The molecule has 0 unspecified atom stereocenters. The molecule has 0 fully saturated rings. The molecule has 0 saturated heterocycles. The maximum absolute atomic E-state index is 12.4. The second kappa shape index (κ2) is 5.51. The van der Waals surface area contributed by atoms with Crippen LogP contribution in [0.15, 0.2) is 48.5 Å². The number of benzene rings is 2. The van der Waals surface area contributed by atoms with Crippen LogP contribution < -0.4 is 14.8 Å². The lowest BCUT2D eigenvalue weighted by Crippen LogP contribution is -2.49. The number of carbonyl (C=O) groups is 1. The predicted octanol–water partition coefficient (Wildman–Crippen LogP) is 3.31. The number of ether oxygens (including phenoxy) is 2. The number of hydrogen-bond donors (Lipinski definition) is 3. The zero-order valence-corrected chi connectivity index (χ0v) is 14.5. The van der Waals surface area contributed by atoms with Gasteiger partial charge in [0.1, 0.15) is 11.5 Å². The molecule has 0 radical (unpaired) electrons. The number of carboxylic acid groups (broad SMARTS) is 1. The van der Waals surface area contributed by atoms with E-state index in [1.54, 1.807) is 13.2 Å². The second-order valence-corrected chi connectivity index (χ2v) is 6.72. The molecule has 2 atom stereocenters. The van der Waals surface area contributed by atoms with Crippen molar-refractivity contribution in [2.24, 2.45) is 0 Å². The van der Waals surface area contributed by atoms with Gasteiger partial charge in [0.05, 0.1) is 24.4 Å². The number of aliphatic carboxylic acids is 1. The summed E-state index contributed by atoms with van der Waals surface area (Å²) in [6, 6.07) is 14.7. The third-order valence-electron chi connectivity index (χ3n) is 5.28. The van der Waals surface area contributed by atoms with Gasteiger partial charge in [-0.15, -0.1) is 0 Å². The van der Waals surface area contributed by atoms with Gasteiger partial charge in [0.25, 0.3) is 0 Å². The zero-order valence-electron chi connectivity index (χ0n) is 14.5. The molecule has 7 nitrogen and oxygen atoms in total. The summed E-state index contributed by atoms with van der Waals surface area (Å²) in [5, 5.41) is 20.9. The normalized spacial score (nSPS) is 22.0. The second-order valence-electron chi connectivity index (χ2n) is 6.72. The summed E-state index contributed by atoms with van der Waals surface area (Å²) >= 11 is 0. The molecule has 2 aromatic carbocycles. The molecule has 3 aromatic rings. The monoisotopic (exact) mass is 363 g/mol. The van der Waals surface area contributed by atoms with Gasteiger partial charge in [-0.05, 0) is 30.3 Å². The fourth-order valence-electron chi connectivity index (χ4n) is 3.98. The molecule has 7 heteroatoms. The smallest absolute Gasteiger partial charge is 0.353 e. The van der Waals surface area contributed by atoms with Gasteiger partial charge in [0.2, 0.25) is 5.60 Å². The largest absolute Gasteiger partial charge is 0.497 e. The first-order valence-electron chi connectivity index (χ1n) is 8.63. The Kier molecular flexibility index (Phi) is 3.21. The highest BCUT2D eigenvalue weighted by molar-refractivity contribution is 5.88. The van der Waals surface area contributed by atoms with Gasteiger partial charge in [-0.1, -0.05) is 18.2 Å². The summed E-state index contributed by atoms with van der Waals surface area (Å²) in [5.41, 5.74) is 1.40. The lowest BCUT2D eigenvalue weighted by molar-refractivity contribution is -0.159. The minimum atomic E-state index is -1.50. The number of nitrogens with zero attached hydrogens (tertiary/aromatic N) is 1. The molecule has 2 aliphatic rings. The Morgan fingerprint density at radius 2 is 2.04 bits per heavy atom. The van der Waals surface area contributed by atoms with E-state index in [-0.39, 0.29) is 12.5 Å². The molecule has 0 saturated carbocycles. The van der Waals surface area contributed by atoms with E-state index in [1.165, 1.54) is 0 Å². The maximum atomic E-state index is 12.4. The van der Waals surface area contributed by atoms with E-state index in [1.807, 2.05) is 42.5 Å². The molecule has 0 amide bonds. The quantitative estimate of drug-likeness (QED) is 0.661. The standard InChI is InChI=1S/C20H17N3O4/c1-26-12-8-6-11(7-9-12)17-16-18(23-22-17)21-14-10-20(16,19(24)25)27-15-5-3-2-4-13(14)15/h2-9,14H,10H2,1H3,(H,24,25)(H2,21,22,23)/t14-,20-/m1/s1. The van der Waals surface area contributed by atoms with Crippen molar-refractivity contribution in [3.63, 3.8) is 0 Å². The number of fused-ring (bicyclic) bond motifs is 6. The Morgan fingerprint density at radius 1 is 1.26 bits per heavy atom. The van der Waals surface area contributed by atoms with Gasteiger partial charge in [-0.3, -0.25) is 5.10 Å². The van der Waals surface area contributed by atoms with Crippen LogP contribution >= 0.6 is 0 Å². The first-order chi connectivity index (χ1) is 13.1. The van der Waals surface area contributed by atoms with Crippen molar-refractivity contribution in [2.45, 2.75) is 18.1 Å². The van der Waals surface area contributed by atoms with Crippen LogP contribution in [0.2, 0.25) is 0 Å². The number of anilines is 1. The van der Waals surface area contributed by atoms with Gasteiger partial charge in [-0.2, -0.15) is 5.10 Å². The highest BCUT2D eigenvalue weighted by Gasteiger charge is 2.55. The van der Waals surface area contributed by atoms with Gasteiger partial charge in [0, 0.05) is 17.5 Å². The number of nitrogens with one attached hydrogen (secondary N) is 2. The molecule has 1 aromatic heterocycles. The summed E-state index contributed by atoms with van der Waals surface area (Å²) in [6.07, 6.45) is 0.287. The Bertz CT molecular complexity index is 1040. The number of hydrogen-bond acceptors (Lipinski definition) is 5. The van der Waals surface area contributed by atoms with E-state index in [2.05, 4.69) is 15.5 Å². The molecule has 2 bridgehead atoms. The van der Waals surface area contributed by atoms with Crippen molar-refractivity contribution >= 4 is 11.8 Å². The van der Waals surface area contributed by atoms with E-state index in [9.17, 15) is 9.90 Å². The highest BCUT2D eigenvalue weighted by Crippen LogP contribution is 2.53. The van der Waals surface area contributed by atoms with E-state index in [4.69, 9.17) is 9.47 Å². The average Bonchev–Trinajstić information content (AvgIpc) is 3.12. The lowest BCUT2D eigenvalue weighted by Gasteiger charge is -2.43. The topological polar surface area (TPSA) is 96.5 Å². The molecule has 5 rings (SSSR count). The van der Waals surface area contributed by atoms with Crippen LogP contribution in [0.3, 0.4) is 0 Å². The third kappa shape index (κ3) is 2.14. The van der Waals surface area contributed by atoms with Crippen molar-refractivity contribution in [1.82, 2.24) is 10.2 Å². The van der Waals surface area contributed by atoms with Crippen LogP contribution in [-0.2, 0) is 10.4 Å². The van der Waals surface area contributed by atoms with Gasteiger partial charge < -0.3 is 19.9 Å². The molecule has 3 N–H and O–H groups in total. The van der Waals surface area contributed by atoms with Gasteiger partial charge in [0.15, 0.2) is 5.82 Å².